The van der Waals surface area contributed by atoms with E-state index < -0.39 is 4.92 Å². The Kier molecular flexibility index (Phi) is 3.95. The fourth-order valence-electron chi connectivity index (χ4n) is 1.75. The van der Waals surface area contributed by atoms with Crippen LogP contribution in [0.15, 0.2) is 48.5 Å². The number of para-hydroxylation sites is 1. The number of nitrogens with one attached hydrogen (secondary N) is 1. The standard InChI is InChI=1S/C14H13N3O3/c15-12-7-5-10(6-8-12)14(18)16-9-11-3-1-2-4-13(11)17(19)20/h1-8H,9,15H2,(H,16,18). The first-order valence-electron chi connectivity index (χ1n) is 5.94. The summed E-state index contributed by atoms with van der Waals surface area (Å²) in [7, 11) is 0. The van der Waals surface area contributed by atoms with E-state index in [0.29, 0.717) is 16.8 Å². The van der Waals surface area contributed by atoms with Crippen LogP contribution in [0.25, 0.3) is 0 Å². The number of amides is 1. The molecule has 6 nitrogen and oxygen atoms in total. The van der Waals surface area contributed by atoms with Crippen molar-refractivity contribution < 1.29 is 9.72 Å². The Balaban J connectivity index is 2.07. The van der Waals surface area contributed by atoms with Crippen LogP contribution in [0, 0.1) is 10.1 Å². The number of nitrogens with two attached hydrogens (primary N) is 1. The fourth-order valence-corrected chi connectivity index (χ4v) is 1.75. The minimum atomic E-state index is -0.468. The molecular weight excluding hydrogens is 258 g/mol. The largest absolute Gasteiger partial charge is 0.399 e. The fraction of sp³-hybridized carbons (Fsp3) is 0.0714. The van der Waals surface area contributed by atoms with Crippen molar-refractivity contribution in [2.24, 2.45) is 0 Å². The van der Waals surface area contributed by atoms with Crippen LogP contribution in [0.4, 0.5) is 11.4 Å². The Morgan fingerprint density at radius 3 is 2.45 bits per heavy atom. The molecule has 0 aliphatic rings. The molecule has 2 aromatic carbocycles. The number of carbonyl (C=O) groups excluding carboxylic acids is 1. The van der Waals surface area contributed by atoms with Crippen LogP contribution < -0.4 is 11.1 Å². The monoisotopic (exact) mass is 271 g/mol. The zero-order valence-electron chi connectivity index (χ0n) is 10.6. The first kappa shape index (κ1) is 13.5. The van der Waals surface area contributed by atoms with Crippen molar-refractivity contribution in [3.05, 3.63) is 69.8 Å². The Morgan fingerprint density at radius 2 is 1.80 bits per heavy atom. The molecular formula is C14H13N3O3. The van der Waals surface area contributed by atoms with E-state index >= 15 is 0 Å². The van der Waals surface area contributed by atoms with Gasteiger partial charge in [0.25, 0.3) is 11.6 Å². The number of nitrogens with zero attached hydrogens (tertiary/aromatic N) is 1. The number of carbonyl (C=O) groups is 1. The van der Waals surface area contributed by atoms with Gasteiger partial charge in [0.1, 0.15) is 0 Å². The highest BCUT2D eigenvalue weighted by atomic mass is 16.6. The molecule has 2 aromatic rings. The Labute approximate surface area is 115 Å². The number of anilines is 1. The summed E-state index contributed by atoms with van der Waals surface area (Å²) in [5.41, 5.74) is 7.01. The Morgan fingerprint density at radius 1 is 1.15 bits per heavy atom. The first-order chi connectivity index (χ1) is 9.58. The van der Waals surface area contributed by atoms with Crippen LogP contribution in [0.5, 0.6) is 0 Å². The molecule has 0 aliphatic carbocycles. The second-order valence-electron chi connectivity index (χ2n) is 4.19. The molecule has 0 bridgehead atoms. The zero-order chi connectivity index (χ0) is 14.5. The lowest BCUT2D eigenvalue weighted by molar-refractivity contribution is -0.385. The lowest BCUT2D eigenvalue weighted by Gasteiger charge is -2.06. The lowest BCUT2D eigenvalue weighted by atomic mass is 10.1. The molecule has 0 aromatic heterocycles. The van der Waals surface area contributed by atoms with Crippen molar-refractivity contribution in [3.8, 4) is 0 Å². The highest BCUT2D eigenvalue weighted by Crippen LogP contribution is 2.17. The van der Waals surface area contributed by atoms with Crippen molar-refractivity contribution in [2.45, 2.75) is 6.54 Å². The number of nitro groups is 1. The van der Waals surface area contributed by atoms with Gasteiger partial charge in [-0.05, 0) is 24.3 Å². The normalized spacial score (nSPS) is 10.0. The maximum Gasteiger partial charge on any atom is 0.274 e. The summed E-state index contributed by atoms with van der Waals surface area (Å²) in [6, 6.07) is 12.8. The third kappa shape index (κ3) is 3.11. The minimum absolute atomic E-state index is 0.00916. The van der Waals surface area contributed by atoms with Crippen molar-refractivity contribution in [1.82, 2.24) is 5.32 Å². The van der Waals surface area contributed by atoms with Crippen LogP contribution in [-0.2, 0) is 6.54 Å². The van der Waals surface area contributed by atoms with Gasteiger partial charge in [-0.25, -0.2) is 0 Å². The third-order valence-electron chi connectivity index (χ3n) is 2.80. The second kappa shape index (κ2) is 5.83. The highest BCUT2D eigenvalue weighted by Gasteiger charge is 2.13. The molecule has 0 fully saturated rings. The third-order valence-corrected chi connectivity index (χ3v) is 2.80. The summed E-state index contributed by atoms with van der Waals surface area (Å²) < 4.78 is 0. The molecule has 2 rings (SSSR count). The van der Waals surface area contributed by atoms with Gasteiger partial charge in [0.2, 0.25) is 0 Å². The Bertz CT molecular complexity index is 638. The SMILES string of the molecule is Nc1ccc(C(=O)NCc2ccccc2[N+](=O)[O-])cc1. The maximum absolute atomic E-state index is 11.9. The van der Waals surface area contributed by atoms with Crippen LogP contribution >= 0.6 is 0 Å². The topological polar surface area (TPSA) is 98.3 Å². The van der Waals surface area contributed by atoms with Crippen LogP contribution in [0.3, 0.4) is 0 Å². The van der Waals surface area contributed by atoms with Crippen LogP contribution in [0.1, 0.15) is 15.9 Å². The summed E-state index contributed by atoms with van der Waals surface area (Å²) in [6.45, 7) is 0.0976. The number of nitrogen functional groups attached to an aromatic ring is 1. The summed E-state index contributed by atoms with van der Waals surface area (Å²) >= 11 is 0. The van der Waals surface area contributed by atoms with Crippen molar-refractivity contribution in [2.75, 3.05) is 5.73 Å². The van der Waals surface area contributed by atoms with Crippen molar-refractivity contribution in [1.29, 1.82) is 0 Å². The molecule has 102 valence electrons. The van der Waals surface area contributed by atoms with Gasteiger partial charge >= 0.3 is 0 Å². The van der Waals surface area contributed by atoms with Crippen molar-refractivity contribution in [3.63, 3.8) is 0 Å². The second-order valence-corrected chi connectivity index (χ2v) is 4.19. The van der Waals surface area contributed by atoms with Gasteiger partial charge in [-0.15, -0.1) is 0 Å². The van der Waals surface area contributed by atoms with Gasteiger partial charge in [-0.3, -0.25) is 14.9 Å². The smallest absolute Gasteiger partial charge is 0.274 e. The van der Waals surface area contributed by atoms with E-state index in [1.165, 1.54) is 6.07 Å². The molecule has 3 N–H and O–H groups in total. The highest BCUT2D eigenvalue weighted by molar-refractivity contribution is 5.94. The maximum atomic E-state index is 11.9. The quantitative estimate of drug-likeness (QED) is 0.505. The van der Waals surface area contributed by atoms with E-state index in [1.54, 1.807) is 42.5 Å². The van der Waals surface area contributed by atoms with E-state index in [1.807, 2.05) is 0 Å². The van der Waals surface area contributed by atoms with Gasteiger partial charge in [-0.1, -0.05) is 18.2 Å². The van der Waals surface area contributed by atoms with Crippen molar-refractivity contribution >= 4 is 17.3 Å². The number of benzene rings is 2. The van der Waals surface area contributed by atoms with E-state index in [0.717, 1.165) is 0 Å². The lowest BCUT2D eigenvalue weighted by Crippen LogP contribution is -2.23. The summed E-state index contributed by atoms with van der Waals surface area (Å²) in [4.78, 5) is 22.3. The number of hydrogen-bond donors (Lipinski definition) is 2. The molecule has 6 heteroatoms. The van der Waals surface area contributed by atoms with Gasteiger partial charge in [-0.2, -0.15) is 0 Å². The molecule has 0 heterocycles. The molecule has 0 saturated carbocycles. The number of rotatable bonds is 4. The van der Waals surface area contributed by atoms with E-state index in [2.05, 4.69) is 5.32 Å². The predicted molar refractivity (Wildman–Crippen MR) is 75.1 cm³/mol. The molecule has 20 heavy (non-hydrogen) atoms. The molecule has 0 aliphatic heterocycles. The molecule has 0 radical (unpaired) electrons. The minimum Gasteiger partial charge on any atom is -0.399 e. The Hall–Kier alpha value is -2.89. The van der Waals surface area contributed by atoms with Gasteiger partial charge in [0.15, 0.2) is 0 Å². The average Bonchev–Trinajstić information content (AvgIpc) is 2.45. The number of hydrogen-bond acceptors (Lipinski definition) is 4. The molecule has 1 amide bonds. The summed E-state index contributed by atoms with van der Waals surface area (Å²) in [5.74, 6) is -0.303. The summed E-state index contributed by atoms with van der Waals surface area (Å²) in [6.07, 6.45) is 0. The van der Waals surface area contributed by atoms with E-state index in [-0.39, 0.29) is 18.1 Å². The first-order valence-corrected chi connectivity index (χ1v) is 5.94. The van der Waals surface area contributed by atoms with Crippen LogP contribution in [0.2, 0.25) is 0 Å². The molecule has 0 spiro atoms. The average molecular weight is 271 g/mol. The van der Waals surface area contributed by atoms with Gasteiger partial charge in [0, 0.05) is 29.4 Å². The zero-order valence-corrected chi connectivity index (χ0v) is 10.6. The van der Waals surface area contributed by atoms with E-state index in [9.17, 15) is 14.9 Å². The summed E-state index contributed by atoms with van der Waals surface area (Å²) in [5, 5.41) is 13.5. The molecule has 0 atom stereocenters. The molecule has 0 unspecified atom stereocenters. The van der Waals surface area contributed by atoms with Gasteiger partial charge < -0.3 is 11.1 Å². The molecule has 0 saturated heterocycles. The van der Waals surface area contributed by atoms with Crippen LogP contribution in [-0.4, -0.2) is 10.8 Å². The number of nitro benzene ring substituents is 1. The van der Waals surface area contributed by atoms with E-state index in [4.69, 9.17) is 5.73 Å². The predicted octanol–water partition coefficient (Wildman–Crippen LogP) is 2.11. The van der Waals surface area contributed by atoms with Gasteiger partial charge in [0.05, 0.1) is 4.92 Å².